The first-order valence-corrected chi connectivity index (χ1v) is 5.26. The van der Waals surface area contributed by atoms with Gasteiger partial charge in [-0.2, -0.15) is 5.26 Å². The number of nitrogens with one attached hydrogen (secondary N) is 1. The molecule has 0 amide bonds. The topological polar surface area (TPSA) is 80.1 Å². The molecular weight excluding hydrogens is 232 g/mol. The summed E-state index contributed by atoms with van der Waals surface area (Å²) >= 11 is 0. The molecule has 0 saturated heterocycles. The number of benzene rings is 1. The van der Waals surface area contributed by atoms with E-state index in [-0.39, 0.29) is 6.79 Å². The van der Waals surface area contributed by atoms with Crippen LogP contribution in [0.25, 0.3) is 11.3 Å². The second kappa shape index (κ2) is 4.22. The molecular formula is C12H8N4O2. The number of rotatable bonds is 2. The van der Waals surface area contributed by atoms with Crippen LogP contribution in [-0.4, -0.2) is 17.0 Å². The number of nitrogens with zero attached hydrogens (tertiary/aromatic N) is 3. The summed E-state index contributed by atoms with van der Waals surface area (Å²) in [6, 6.07) is 9.04. The van der Waals surface area contributed by atoms with Crippen molar-refractivity contribution >= 4 is 5.82 Å². The van der Waals surface area contributed by atoms with Crippen molar-refractivity contribution in [3.8, 4) is 28.9 Å². The van der Waals surface area contributed by atoms with Crippen molar-refractivity contribution in [3.63, 3.8) is 0 Å². The average molecular weight is 240 g/mol. The molecule has 0 saturated carbocycles. The van der Waals surface area contributed by atoms with E-state index in [2.05, 4.69) is 15.5 Å². The smallest absolute Gasteiger partial charge is 0.231 e. The lowest BCUT2D eigenvalue weighted by Gasteiger charge is -2.02. The van der Waals surface area contributed by atoms with Crippen LogP contribution in [0.4, 0.5) is 5.82 Å². The third-order valence-electron chi connectivity index (χ3n) is 2.52. The monoisotopic (exact) mass is 240 g/mol. The van der Waals surface area contributed by atoms with E-state index in [0.717, 1.165) is 11.3 Å². The predicted molar refractivity (Wildman–Crippen MR) is 62.8 cm³/mol. The van der Waals surface area contributed by atoms with Crippen molar-refractivity contribution in [2.75, 3.05) is 12.1 Å². The van der Waals surface area contributed by atoms with Gasteiger partial charge in [0.05, 0.1) is 5.69 Å². The molecule has 6 heteroatoms. The summed E-state index contributed by atoms with van der Waals surface area (Å²) in [5, 5.41) is 18.8. The number of anilines is 1. The van der Waals surface area contributed by atoms with E-state index >= 15 is 0 Å². The average Bonchev–Trinajstić information content (AvgIpc) is 2.87. The molecule has 3 rings (SSSR count). The van der Waals surface area contributed by atoms with E-state index in [0.29, 0.717) is 17.3 Å². The minimum Gasteiger partial charge on any atom is -0.454 e. The first-order chi connectivity index (χ1) is 8.86. The summed E-state index contributed by atoms with van der Waals surface area (Å²) in [7, 11) is 0. The Morgan fingerprint density at radius 1 is 1.11 bits per heavy atom. The van der Waals surface area contributed by atoms with Gasteiger partial charge in [0.25, 0.3) is 0 Å². The molecule has 0 bridgehead atoms. The summed E-state index contributed by atoms with van der Waals surface area (Å²) in [6.45, 7) is 0.246. The van der Waals surface area contributed by atoms with Crippen molar-refractivity contribution in [1.29, 1.82) is 5.26 Å². The highest BCUT2D eigenvalue weighted by atomic mass is 16.7. The lowest BCUT2D eigenvalue weighted by Crippen LogP contribution is -1.94. The quantitative estimate of drug-likeness (QED) is 0.636. The van der Waals surface area contributed by atoms with Crippen molar-refractivity contribution in [1.82, 2.24) is 10.2 Å². The third kappa shape index (κ3) is 1.78. The minimum absolute atomic E-state index is 0.246. The standard InChI is InChI=1S/C12H8N4O2/c13-6-14-12-4-2-9(15-16-12)8-1-3-10-11(5-8)18-7-17-10/h1-5H,7H2,(H,14,16). The molecule has 1 aromatic heterocycles. The van der Waals surface area contributed by atoms with Gasteiger partial charge in [0.2, 0.25) is 6.79 Å². The maximum Gasteiger partial charge on any atom is 0.231 e. The largest absolute Gasteiger partial charge is 0.454 e. The lowest BCUT2D eigenvalue weighted by atomic mass is 10.1. The van der Waals surface area contributed by atoms with E-state index in [1.54, 1.807) is 18.3 Å². The van der Waals surface area contributed by atoms with Crippen LogP contribution in [0.1, 0.15) is 0 Å². The molecule has 18 heavy (non-hydrogen) atoms. The first-order valence-electron chi connectivity index (χ1n) is 5.26. The van der Waals surface area contributed by atoms with Crippen molar-refractivity contribution in [2.24, 2.45) is 0 Å². The van der Waals surface area contributed by atoms with Crippen molar-refractivity contribution < 1.29 is 9.47 Å². The van der Waals surface area contributed by atoms with Gasteiger partial charge in [-0.3, -0.25) is 5.32 Å². The van der Waals surface area contributed by atoms with Gasteiger partial charge < -0.3 is 9.47 Å². The molecule has 0 spiro atoms. The van der Waals surface area contributed by atoms with Gasteiger partial charge in [-0.15, -0.1) is 10.2 Å². The number of hydrogen-bond donors (Lipinski definition) is 1. The lowest BCUT2D eigenvalue weighted by molar-refractivity contribution is 0.174. The highest BCUT2D eigenvalue weighted by molar-refractivity contribution is 5.64. The van der Waals surface area contributed by atoms with Gasteiger partial charge in [-0.25, -0.2) is 0 Å². The van der Waals surface area contributed by atoms with Crippen LogP contribution in [0.15, 0.2) is 30.3 Å². The molecule has 1 aromatic carbocycles. The number of nitriles is 1. The Morgan fingerprint density at radius 3 is 2.78 bits per heavy atom. The Labute approximate surface area is 103 Å². The van der Waals surface area contributed by atoms with Crippen LogP contribution in [0.5, 0.6) is 11.5 Å². The summed E-state index contributed by atoms with van der Waals surface area (Å²) in [5.74, 6) is 1.85. The normalized spacial score (nSPS) is 11.9. The van der Waals surface area contributed by atoms with Crippen LogP contribution >= 0.6 is 0 Å². The zero-order valence-electron chi connectivity index (χ0n) is 9.25. The second-order valence-electron chi connectivity index (χ2n) is 3.61. The molecule has 0 aliphatic carbocycles. The highest BCUT2D eigenvalue weighted by Crippen LogP contribution is 2.35. The van der Waals surface area contributed by atoms with Crippen LogP contribution in [0.3, 0.4) is 0 Å². The highest BCUT2D eigenvalue weighted by Gasteiger charge is 2.14. The molecule has 0 atom stereocenters. The zero-order chi connectivity index (χ0) is 12.4. The van der Waals surface area contributed by atoms with Gasteiger partial charge in [-0.1, -0.05) is 0 Å². The SMILES string of the molecule is N#CNc1ccc(-c2ccc3c(c2)OCO3)nn1. The maximum atomic E-state index is 8.45. The number of ether oxygens (including phenoxy) is 2. The van der Waals surface area contributed by atoms with Gasteiger partial charge in [-0.05, 0) is 30.3 Å². The van der Waals surface area contributed by atoms with E-state index in [1.165, 1.54) is 0 Å². The van der Waals surface area contributed by atoms with Crippen LogP contribution in [0, 0.1) is 11.5 Å². The number of hydrogen-bond acceptors (Lipinski definition) is 6. The zero-order valence-corrected chi connectivity index (χ0v) is 9.25. The predicted octanol–water partition coefficient (Wildman–Crippen LogP) is 1.77. The minimum atomic E-state index is 0.246. The van der Waals surface area contributed by atoms with Gasteiger partial charge in [0, 0.05) is 5.56 Å². The Balaban J connectivity index is 1.93. The summed E-state index contributed by atoms with van der Waals surface area (Å²) in [4.78, 5) is 0. The molecule has 6 nitrogen and oxygen atoms in total. The third-order valence-corrected chi connectivity index (χ3v) is 2.52. The summed E-state index contributed by atoms with van der Waals surface area (Å²) in [6.07, 6.45) is 1.79. The maximum absolute atomic E-state index is 8.45. The Hall–Kier alpha value is -2.81. The molecule has 0 unspecified atom stereocenters. The summed E-state index contributed by atoms with van der Waals surface area (Å²) < 4.78 is 10.5. The molecule has 0 radical (unpaired) electrons. The molecule has 1 aliphatic heterocycles. The first kappa shape index (κ1) is 10.4. The fraction of sp³-hybridized carbons (Fsp3) is 0.0833. The molecule has 2 aromatic rings. The van der Waals surface area contributed by atoms with E-state index in [9.17, 15) is 0 Å². The molecule has 2 heterocycles. The van der Waals surface area contributed by atoms with Gasteiger partial charge in [0.15, 0.2) is 23.5 Å². The van der Waals surface area contributed by atoms with E-state index in [4.69, 9.17) is 14.7 Å². The van der Waals surface area contributed by atoms with E-state index in [1.807, 2.05) is 18.2 Å². The Kier molecular flexibility index (Phi) is 2.43. The van der Waals surface area contributed by atoms with Crippen LogP contribution in [0.2, 0.25) is 0 Å². The van der Waals surface area contributed by atoms with Crippen molar-refractivity contribution in [3.05, 3.63) is 30.3 Å². The van der Waals surface area contributed by atoms with Crippen LogP contribution < -0.4 is 14.8 Å². The van der Waals surface area contributed by atoms with Crippen LogP contribution in [-0.2, 0) is 0 Å². The number of aromatic nitrogens is 2. The number of fused-ring (bicyclic) bond motifs is 1. The van der Waals surface area contributed by atoms with Gasteiger partial charge in [0.1, 0.15) is 0 Å². The molecule has 1 aliphatic rings. The molecule has 88 valence electrons. The second-order valence-corrected chi connectivity index (χ2v) is 3.61. The Bertz CT molecular complexity index is 619. The summed E-state index contributed by atoms with van der Waals surface area (Å²) in [5.41, 5.74) is 1.59. The fourth-order valence-corrected chi connectivity index (χ4v) is 1.67. The molecule has 0 fully saturated rings. The molecule has 1 N–H and O–H groups in total. The van der Waals surface area contributed by atoms with Gasteiger partial charge >= 0.3 is 0 Å². The Morgan fingerprint density at radius 2 is 2.00 bits per heavy atom. The van der Waals surface area contributed by atoms with E-state index < -0.39 is 0 Å². The fourth-order valence-electron chi connectivity index (χ4n) is 1.67. The van der Waals surface area contributed by atoms with Crippen molar-refractivity contribution in [2.45, 2.75) is 0 Å².